The number of urea groups is 1. The molecular formula is C23H28BN5O4W. The van der Waals surface area contributed by atoms with Crippen LogP contribution < -0.4 is 21.3 Å². The summed E-state index contributed by atoms with van der Waals surface area (Å²) in [6.07, 6.45) is 9.77. The average Bonchev–Trinajstić information content (AvgIpc) is 2.83. The first-order chi connectivity index (χ1) is 16.0. The number of benzene rings is 1. The minimum absolute atomic E-state index is 0. The van der Waals surface area contributed by atoms with E-state index < -0.39 is 7.05 Å². The van der Waals surface area contributed by atoms with E-state index in [1.54, 1.807) is 18.3 Å². The second kappa shape index (κ2) is 14.5. The van der Waals surface area contributed by atoms with Crippen molar-refractivity contribution >= 4 is 30.9 Å². The van der Waals surface area contributed by atoms with Gasteiger partial charge in [0, 0.05) is 18.8 Å². The minimum atomic E-state index is -0.963. The van der Waals surface area contributed by atoms with Gasteiger partial charge in [-0.1, -0.05) is 32.2 Å². The van der Waals surface area contributed by atoms with E-state index >= 15 is 0 Å². The molecule has 1 aromatic heterocycles. The third kappa shape index (κ3) is 8.90. The summed E-state index contributed by atoms with van der Waals surface area (Å²) in [5, 5.41) is 8.41. The molecule has 11 heteroatoms. The fourth-order valence-electron chi connectivity index (χ4n) is 3.69. The van der Waals surface area contributed by atoms with Crippen molar-refractivity contribution in [3.05, 3.63) is 53.6 Å². The summed E-state index contributed by atoms with van der Waals surface area (Å²) >= 11 is 0. The number of rotatable bonds is 10. The van der Waals surface area contributed by atoms with Crippen molar-refractivity contribution in [2.75, 3.05) is 6.54 Å². The van der Waals surface area contributed by atoms with Gasteiger partial charge >= 0.3 is 34.1 Å². The van der Waals surface area contributed by atoms with Crippen molar-refractivity contribution in [2.45, 2.75) is 57.9 Å². The zero-order valence-corrected chi connectivity index (χ0v) is 22.1. The summed E-state index contributed by atoms with van der Waals surface area (Å²) in [6, 6.07) is 8.23. The molecule has 0 unspecified atom stereocenters. The molecule has 3 N–H and O–H groups in total. The molecule has 0 atom stereocenters. The predicted octanol–water partition coefficient (Wildman–Crippen LogP) is 1.36. The van der Waals surface area contributed by atoms with Gasteiger partial charge in [0.2, 0.25) is 0 Å². The Morgan fingerprint density at radius 1 is 1.21 bits per heavy atom. The van der Waals surface area contributed by atoms with E-state index in [0.717, 1.165) is 49.8 Å². The molecule has 0 radical (unpaired) electrons. The van der Waals surface area contributed by atoms with Crippen LogP contribution in [-0.2, 0) is 36.9 Å². The standard InChI is InChI=1S/C23H28BN5O4.W/c1-17-14-27-21(15-26-17)22(31)25-13-5-6-18-9-11-19(12-10-18)24(33-16-30)29-23(32)28-20-7-3-2-4-8-20;/h9-11,14-15,20H,2-8,13H2,1H3,(H,25,31)(H2,28,29,32);/q-2;+2. The number of nitrogens with zero attached hydrogens (tertiary/aromatic N) is 2. The van der Waals surface area contributed by atoms with E-state index in [-0.39, 0.29) is 44.7 Å². The number of hydrogen-bond donors (Lipinski definition) is 3. The molecule has 34 heavy (non-hydrogen) atoms. The SMILES string of the molecule is Cc1cnc(C(=O)NCCCc2c[c-]c(B(NC(=O)NC3CCCCC3)O[C-]=O)cc2)cn1.[W+2]. The Kier molecular flexibility index (Phi) is 11.7. The maximum Gasteiger partial charge on any atom is 2.00 e. The van der Waals surface area contributed by atoms with Gasteiger partial charge in [-0.3, -0.25) is 14.6 Å². The fraction of sp³-hybridized carbons (Fsp3) is 0.435. The summed E-state index contributed by atoms with van der Waals surface area (Å²) < 4.78 is 4.93. The van der Waals surface area contributed by atoms with Crippen LogP contribution in [0, 0.1) is 13.0 Å². The fourth-order valence-corrected chi connectivity index (χ4v) is 3.69. The van der Waals surface area contributed by atoms with Crippen LogP contribution in [0.1, 0.15) is 60.3 Å². The molecule has 0 bridgehead atoms. The van der Waals surface area contributed by atoms with Crippen LogP contribution in [0.5, 0.6) is 0 Å². The minimum Gasteiger partial charge on any atom is -0.707 e. The first-order valence-corrected chi connectivity index (χ1v) is 11.2. The number of carbonyl (C=O) groups excluding carboxylic acids is 3. The number of nitrogens with one attached hydrogen (secondary N) is 3. The van der Waals surface area contributed by atoms with Gasteiger partial charge in [0.15, 0.2) is 0 Å². The zero-order valence-electron chi connectivity index (χ0n) is 19.1. The van der Waals surface area contributed by atoms with Crippen LogP contribution in [0.4, 0.5) is 4.79 Å². The van der Waals surface area contributed by atoms with E-state index in [1.165, 1.54) is 19.1 Å². The molecule has 178 valence electrons. The van der Waals surface area contributed by atoms with Crippen LogP contribution >= 0.6 is 0 Å². The van der Waals surface area contributed by atoms with Crippen molar-refractivity contribution in [1.82, 2.24) is 25.8 Å². The van der Waals surface area contributed by atoms with Crippen molar-refractivity contribution in [1.29, 1.82) is 0 Å². The maximum atomic E-state index is 12.3. The Balaban J connectivity index is 0.00000408. The summed E-state index contributed by atoms with van der Waals surface area (Å²) in [5.41, 5.74) is 2.57. The number of carbonyl (C=O) groups is 2. The van der Waals surface area contributed by atoms with Crippen LogP contribution in [-0.4, -0.2) is 48.0 Å². The van der Waals surface area contributed by atoms with Gasteiger partial charge < -0.3 is 25.3 Å². The van der Waals surface area contributed by atoms with Crippen molar-refractivity contribution in [3.8, 4) is 0 Å². The average molecular weight is 633 g/mol. The molecule has 1 aromatic carbocycles. The molecule has 9 nitrogen and oxygen atoms in total. The van der Waals surface area contributed by atoms with E-state index in [9.17, 15) is 14.4 Å². The predicted molar refractivity (Wildman–Crippen MR) is 123 cm³/mol. The van der Waals surface area contributed by atoms with Crippen LogP contribution in [0.25, 0.3) is 0 Å². The molecule has 1 heterocycles. The molecule has 2 aromatic rings. The Morgan fingerprint density at radius 2 is 2.00 bits per heavy atom. The Morgan fingerprint density at radius 3 is 2.65 bits per heavy atom. The largest absolute Gasteiger partial charge is 2.00 e. The monoisotopic (exact) mass is 633 g/mol. The molecule has 1 aliphatic carbocycles. The van der Waals surface area contributed by atoms with Gasteiger partial charge in [0.1, 0.15) is 5.69 Å². The van der Waals surface area contributed by atoms with Gasteiger partial charge in [-0.25, -0.2) is 4.98 Å². The first-order valence-electron chi connectivity index (χ1n) is 11.2. The molecule has 0 saturated heterocycles. The van der Waals surface area contributed by atoms with Gasteiger partial charge in [-0.05, 0) is 26.2 Å². The molecule has 1 fully saturated rings. The van der Waals surface area contributed by atoms with Gasteiger partial charge in [-0.15, -0.1) is 5.46 Å². The number of hydrogen-bond acceptors (Lipinski definition) is 6. The van der Waals surface area contributed by atoms with E-state index in [2.05, 4.69) is 31.9 Å². The molecule has 0 spiro atoms. The molecule has 1 saturated carbocycles. The number of aryl methyl sites for hydroxylation is 2. The number of amides is 3. The molecule has 1 aliphatic rings. The second-order valence-electron chi connectivity index (χ2n) is 8.09. The smallest absolute Gasteiger partial charge is 0.707 e. The Bertz CT molecular complexity index is 924. The third-order valence-electron chi connectivity index (χ3n) is 5.49. The Hall–Kier alpha value is -2.74. The summed E-state index contributed by atoms with van der Waals surface area (Å²) in [6.45, 7) is 3.70. The van der Waals surface area contributed by atoms with Gasteiger partial charge in [-0.2, -0.15) is 29.8 Å². The maximum absolute atomic E-state index is 12.3. The van der Waals surface area contributed by atoms with Gasteiger partial charge in [0.05, 0.1) is 11.9 Å². The van der Waals surface area contributed by atoms with E-state index in [1.807, 2.05) is 13.0 Å². The van der Waals surface area contributed by atoms with E-state index in [0.29, 0.717) is 12.0 Å². The van der Waals surface area contributed by atoms with Crippen LogP contribution in [0.15, 0.2) is 30.6 Å². The topological polar surface area (TPSA) is 122 Å². The second-order valence-corrected chi connectivity index (χ2v) is 8.09. The van der Waals surface area contributed by atoms with E-state index in [4.69, 9.17) is 4.65 Å². The van der Waals surface area contributed by atoms with Crippen molar-refractivity contribution < 1.29 is 40.1 Å². The molecule has 0 aliphatic heterocycles. The molecule has 3 rings (SSSR count). The summed E-state index contributed by atoms with van der Waals surface area (Å²) in [7, 11) is -0.963. The van der Waals surface area contributed by atoms with Crippen LogP contribution in [0.2, 0.25) is 0 Å². The third-order valence-corrected chi connectivity index (χ3v) is 5.49. The first kappa shape index (κ1) is 27.5. The van der Waals surface area contributed by atoms with Gasteiger partial charge in [0.25, 0.3) is 5.91 Å². The summed E-state index contributed by atoms with van der Waals surface area (Å²) in [5.74, 6) is -0.257. The zero-order chi connectivity index (χ0) is 23.5. The molecule has 3 amide bonds. The molecular weight excluding hydrogens is 605 g/mol. The quantitative estimate of drug-likeness (QED) is 0.207. The van der Waals surface area contributed by atoms with Crippen molar-refractivity contribution in [3.63, 3.8) is 0 Å². The van der Waals surface area contributed by atoms with Crippen LogP contribution in [0.3, 0.4) is 0 Å². The van der Waals surface area contributed by atoms with Crippen molar-refractivity contribution in [2.24, 2.45) is 0 Å². The summed E-state index contributed by atoms with van der Waals surface area (Å²) in [4.78, 5) is 43.3. The normalized spacial score (nSPS) is 13.2. The Labute approximate surface area is 214 Å². The number of aromatic nitrogens is 2.